The first kappa shape index (κ1) is 18.7. The van der Waals surface area contributed by atoms with Crippen LogP contribution in [0.25, 0.3) is 11.4 Å². The van der Waals surface area contributed by atoms with Gasteiger partial charge < -0.3 is 14.2 Å². The first-order valence-electron chi connectivity index (χ1n) is 8.33. The third-order valence-electron chi connectivity index (χ3n) is 3.80. The van der Waals surface area contributed by atoms with Crippen LogP contribution in [-0.2, 0) is 0 Å². The van der Waals surface area contributed by atoms with Gasteiger partial charge in [-0.3, -0.25) is 0 Å². The molecule has 27 heavy (non-hydrogen) atoms. The van der Waals surface area contributed by atoms with Gasteiger partial charge in [0.25, 0.3) is 0 Å². The van der Waals surface area contributed by atoms with Gasteiger partial charge in [0.2, 0.25) is 4.77 Å². The van der Waals surface area contributed by atoms with Crippen LogP contribution in [-0.4, -0.2) is 41.9 Å². The zero-order valence-electron chi connectivity index (χ0n) is 15.3. The summed E-state index contributed by atoms with van der Waals surface area (Å²) in [5.74, 6) is 2.70. The maximum Gasteiger partial charge on any atom is 0.216 e. The smallest absolute Gasteiger partial charge is 0.216 e. The quantitative estimate of drug-likeness (QED) is 0.494. The van der Waals surface area contributed by atoms with E-state index in [-0.39, 0.29) is 0 Å². The Morgan fingerprint density at radius 1 is 1.11 bits per heavy atom. The Morgan fingerprint density at radius 3 is 2.52 bits per heavy atom. The van der Waals surface area contributed by atoms with Crippen LogP contribution < -0.4 is 14.2 Å². The van der Waals surface area contributed by atoms with E-state index in [2.05, 4.69) is 15.3 Å². The number of aromatic amines is 1. The lowest BCUT2D eigenvalue weighted by molar-refractivity contribution is 0.340. The van der Waals surface area contributed by atoms with Gasteiger partial charge >= 0.3 is 0 Å². The monoisotopic (exact) mass is 384 g/mol. The van der Waals surface area contributed by atoms with Crippen LogP contribution in [0.3, 0.4) is 0 Å². The maximum absolute atomic E-state index is 5.47. The molecular weight excluding hydrogens is 364 g/mol. The van der Waals surface area contributed by atoms with Crippen molar-refractivity contribution in [2.45, 2.75) is 6.92 Å². The predicted molar refractivity (Wildman–Crippen MR) is 107 cm³/mol. The summed E-state index contributed by atoms with van der Waals surface area (Å²) in [5, 5.41) is 11.5. The molecule has 3 rings (SSSR count). The average Bonchev–Trinajstić information content (AvgIpc) is 3.07. The Kier molecular flexibility index (Phi) is 5.87. The van der Waals surface area contributed by atoms with Crippen molar-refractivity contribution in [3.63, 3.8) is 0 Å². The molecule has 0 aliphatic rings. The predicted octanol–water partition coefficient (Wildman–Crippen LogP) is 3.91. The molecule has 0 saturated heterocycles. The molecule has 8 heteroatoms. The van der Waals surface area contributed by atoms with Gasteiger partial charge in [-0.05, 0) is 67.2 Å². The fraction of sp³-hybridized carbons (Fsp3) is 0.211. The Hall–Kier alpha value is -3.13. The molecule has 0 bridgehead atoms. The van der Waals surface area contributed by atoms with Crippen LogP contribution in [0, 0.1) is 4.77 Å². The third kappa shape index (κ3) is 4.17. The van der Waals surface area contributed by atoms with Gasteiger partial charge in [-0.1, -0.05) is 0 Å². The van der Waals surface area contributed by atoms with Crippen LogP contribution in [0.4, 0.5) is 0 Å². The van der Waals surface area contributed by atoms with E-state index in [0.717, 1.165) is 16.9 Å². The van der Waals surface area contributed by atoms with Gasteiger partial charge in [-0.25, -0.2) is 5.10 Å². The summed E-state index contributed by atoms with van der Waals surface area (Å²) >= 11 is 5.31. The molecule has 0 aliphatic carbocycles. The minimum absolute atomic E-state index is 0.399. The summed E-state index contributed by atoms with van der Waals surface area (Å²) in [6, 6.07) is 13.1. The number of methoxy groups -OCH3 is 2. The maximum atomic E-state index is 5.47. The number of nitrogens with one attached hydrogen (secondary N) is 1. The van der Waals surface area contributed by atoms with Gasteiger partial charge in [0.05, 0.1) is 27.0 Å². The number of hydrogen-bond donors (Lipinski definition) is 1. The fourth-order valence-corrected chi connectivity index (χ4v) is 2.69. The summed E-state index contributed by atoms with van der Waals surface area (Å²) < 4.78 is 18.0. The molecule has 0 saturated carbocycles. The van der Waals surface area contributed by atoms with Crippen molar-refractivity contribution in [1.29, 1.82) is 0 Å². The van der Waals surface area contributed by atoms with E-state index in [1.165, 1.54) is 0 Å². The second-order valence-electron chi connectivity index (χ2n) is 5.48. The van der Waals surface area contributed by atoms with Gasteiger partial charge in [0.1, 0.15) is 5.75 Å². The molecule has 0 amide bonds. The number of benzene rings is 2. The topological polar surface area (TPSA) is 73.7 Å². The lowest BCUT2D eigenvalue weighted by Crippen LogP contribution is -1.96. The van der Waals surface area contributed by atoms with E-state index < -0.39 is 0 Å². The van der Waals surface area contributed by atoms with Crippen molar-refractivity contribution in [2.75, 3.05) is 20.8 Å². The Balaban J connectivity index is 1.91. The van der Waals surface area contributed by atoms with Crippen LogP contribution in [0.15, 0.2) is 47.6 Å². The molecule has 0 spiro atoms. The normalized spacial score (nSPS) is 10.9. The fourth-order valence-electron chi connectivity index (χ4n) is 2.51. The highest BCUT2D eigenvalue weighted by atomic mass is 32.1. The molecule has 140 valence electrons. The Morgan fingerprint density at radius 2 is 1.85 bits per heavy atom. The van der Waals surface area contributed by atoms with Gasteiger partial charge in [0, 0.05) is 5.56 Å². The number of ether oxygens (including phenoxy) is 3. The molecule has 1 N–H and O–H groups in total. The van der Waals surface area contributed by atoms with Crippen LogP contribution >= 0.6 is 12.2 Å². The van der Waals surface area contributed by atoms with Crippen molar-refractivity contribution < 1.29 is 14.2 Å². The molecule has 0 radical (unpaired) electrons. The molecule has 0 aliphatic heterocycles. The van der Waals surface area contributed by atoms with Crippen LogP contribution in [0.1, 0.15) is 12.5 Å². The number of nitrogens with zero attached hydrogens (tertiary/aromatic N) is 3. The summed E-state index contributed by atoms with van der Waals surface area (Å²) in [7, 11) is 3.19. The standard InChI is InChI=1S/C19H20N4O3S/c1-4-26-15-8-6-14(7-9-15)18-21-22-19(27)23(18)20-12-13-5-10-16(24-2)17(11-13)25-3/h5-12H,4H2,1-3H3,(H,22,27)/b20-12+. The molecule has 0 fully saturated rings. The van der Waals surface area contributed by atoms with E-state index >= 15 is 0 Å². The van der Waals surface area contributed by atoms with E-state index in [4.69, 9.17) is 26.4 Å². The largest absolute Gasteiger partial charge is 0.494 e. The van der Waals surface area contributed by atoms with Crippen molar-refractivity contribution >= 4 is 18.4 Å². The molecule has 0 atom stereocenters. The average molecular weight is 384 g/mol. The molecular formula is C19H20N4O3S. The summed E-state index contributed by atoms with van der Waals surface area (Å²) in [4.78, 5) is 0. The minimum atomic E-state index is 0.399. The van der Waals surface area contributed by atoms with Crippen molar-refractivity contribution in [3.8, 4) is 28.6 Å². The zero-order chi connectivity index (χ0) is 19.2. The zero-order valence-corrected chi connectivity index (χ0v) is 16.1. The Labute approximate surface area is 162 Å². The second kappa shape index (κ2) is 8.50. The first-order valence-corrected chi connectivity index (χ1v) is 8.74. The van der Waals surface area contributed by atoms with Crippen LogP contribution in [0.2, 0.25) is 0 Å². The molecule has 1 heterocycles. The van der Waals surface area contributed by atoms with Crippen LogP contribution in [0.5, 0.6) is 17.2 Å². The third-order valence-corrected chi connectivity index (χ3v) is 4.07. The SMILES string of the molecule is CCOc1ccc(-c2n[nH]c(=S)n2/N=C/c2ccc(OC)c(OC)c2)cc1. The van der Waals surface area contributed by atoms with Gasteiger partial charge in [-0.15, -0.1) is 0 Å². The summed E-state index contributed by atoms with van der Waals surface area (Å²) in [6.07, 6.45) is 1.69. The Bertz CT molecular complexity index is 993. The number of rotatable bonds is 7. The summed E-state index contributed by atoms with van der Waals surface area (Å²) in [5.41, 5.74) is 1.71. The van der Waals surface area contributed by atoms with Gasteiger partial charge in [0.15, 0.2) is 17.3 Å². The molecule has 0 unspecified atom stereocenters. The molecule has 1 aromatic heterocycles. The first-order chi connectivity index (χ1) is 13.2. The molecule has 7 nitrogen and oxygen atoms in total. The number of hydrogen-bond acceptors (Lipinski definition) is 6. The second-order valence-corrected chi connectivity index (χ2v) is 5.87. The van der Waals surface area contributed by atoms with Gasteiger partial charge in [-0.2, -0.15) is 14.9 Å². The summed E-state index contributed by atoms with van der Waals surface area (Å²) in [6.45, 7) is 2.57. The lowest BCUT2D eigenvalue weighted by Gasteiger charge is -2.07. The van der Waals surface area contributed by atoms with Crippen molar-refractivity contribution in [3.05, 3.63) is 52.8 Å². The van der Waals surface area contributed by atoms with E-state index in [9.17, 15) is 0 Å². The highest BCUT2D eigenvalue weighted by Gasteiger charge is 2.09. The number of H-pyrrole nitrogens is 1. The van der Waals surface area contributed by atoms with Crippen molar-refractivity contribution in [1.82, 2.24) is 14.9 Å². The highest BCUT2D eigenvalue weighted by Crippen LogP contribution is 2.27. The number of aromatic nitrogens is 3. The van der Waals surface area contributed by atoms with E-state index in [1.54, 1.807) is 25.1 Å². The molecule has 3 aromatic rings. The molecule has 2 aromatic carbocycles. The minimum Gasteiger partial charge on any atom is -0.494 e. The van der Waals surface area contributed by atoms with E-state index in [1.807, 2.05) is 49.4 Å². The lowest BCUT2D eigenvalue weighted by atomic mass is 10.2. The van der Waals surface area contributed by atoms with Crippen molar-refractivity contribution in [2.24, 2.45) is 5.10 Å². The highest BCUT2D eigenvalue weighted by molar-refractivity contribution is 7.71. The van der Waals surface area contributed by atoms with E-state index in [0.29, 0.717) is 28.7 Å².